The van der Waals surface area contributed by atoms with Crippen LogP contribution in [0.15, 0.2) is 95.0 Å². The van der Waals surface area contributed by atoms with E-state index in [1.54, 1.807) is 13.2 Å². The van der Waals surface area contributed by atoms with Crippen molar-refractivity contribution < 1.29 is 19.1 Å². The van der Waals surface area contributed by atoms with Gasteiger partial charge < -0.3 is 36.7 Å². The first-order chi connectivity index (χ1) is 29.7. The van der Waals surface area contributed by atoms with E-state index in [0.717, 1.165) is 38.9 Å². The van der Waals surface area contributed by atoms with Crippen molar-refractivity contribution in [3.05, 3.63) is 124 Å². The maximum absolute atomic E-state index is 14.7. The van der Waals surface area contributed by atoms with E-state index in [-0.39, 0.29) is 43.6 Å². The number of para-hydroxylation sites is 1. The molecule has 6 rings (SSSR count). The van der Waals surface area contributed by atoms with E-state index in [0.29, 0.717) is 78.9 Å². The number of H-pyrrole nitrogens is 1. The second-order valence-corrected chi connectivity index (χ2v) is 16.9. The number of ketones is 1. The summed E-state index contributed by atoms with van der Waals surface area (Å²) in [6.45, 7) is 3.99. The van der Waals surface area contributed by atoms with Crippen LogP contribution in [0.3, 0.4) is 0 Å². The van der Waals surface area contributed by atoms with Gasteiger partial charge in [0.1, 0.15) is 17.7 Å². The number of pyridine rings is 1. The molecule has 0 spiro atoms. The number of hydrogen-bond donors (Lipinski definition) is 5. The van der Waals surface area contributed by atoms with Crippen LogP contribution in [-0.2, 0) is 45.2 Å². The van der Waals surface area contributed by atoms with Gasteiger partial charge in [-0.05, 0) is 92.2 Å². The first kappa shape index (κ1) is 45.5. The van der Waals surface area contributed by atoms with Gasteiger partial charge in [0, 0.05) is 72.1 Å². The molecule has 0 saturated carbocycles. The number of carbonyl (C=O) groups is 3. The van der Waals surface area contributed by atoms with Crippen LogP contribution in [0.5, 0.6) is 0 Å². The van der Waals surface area contributed by atoms with Gasteiger partial charge in [0.25, 0.3) is 0 Å². The molecule has 61 heavy (non-hydrogen) atoms. The zero-order chi connectivity index (χ0) is 43.1. The molecule has 0 aliphatic carbocycles. The molecular weight excluding hydrogens is 806 g/mol. The predicted octanol–water partition coefficient (Wildman–Crippen LogP) is 6.85. The Morgan fingerprint density at radius 3 is 2.52 bits per heavy atom. The van der Waals surface area contributed by atoms with Crippen molar-refractivity contribution >= 4 is 51.9 Å². The van der Waals surface area contributed by atoms with Gasteiger partial charge in [0.05, 0.1) is 17.7 Å². The molecule has 2 amide bonds. The molecule has 0 fully saturated rings. The zero-order valence-corrected chi connectivity index (χ0v) is 36.5. The van der Waals surface area contributed by atoms with Gasteiger partial charge in [-0.3, -0.25) is 14.4 Å². The van der Waals surface area contributed by atoms with Crippen LogP contribution in [0.2, 0.25) is 5.02 Å². The molecular formula is C48H56ClN7O4S. The Kier molecular flexibility index (Phi) is 17.0. The van der Waals surface area contributed by atoms with Crippen molar-refractivity contribution in [2.45, 2.75) is 93.6 Å². The van der Waals surface area contributed by atoms with E-state index in [1.165, 1.54) is 16.7 Å². The van der Waals surface area contributed by atoms with Gasteiger partial charge in [-0.25, -0.2) is 4.98 Å². The van der Waals surface area contributed by atoms with Crippen LogP contribution in [0.1, 0.15) is 72.0 Å². The number of unbranched alkanes of at least 4 members (excludes halogenated alkanes) is 1. The Morgan fingerprint density at radius 1 is 0.934 bits per heavy atom. The number of Topliss-reactive ketones (excluding diaryl/α,β-unsaturated/α-hetero) is 1. The van der Waals surface area contributed by atoms with E-state index in [4.69, 9.17) is 32.8 Å². The van der Waals surface area contributed by atoms with Crippen molar-refractivity contribution in [3.63, 3.8) is 0 Å². The van der Waals surface area contributed by atoms with Gasteiger partial charge in [-0.1, -0.05) is 96.2 Å². The average molecular weight is 863 g/mol. The monoisotopic (exact) mass is 861 g/mol. The van der Waals surface area contributed by atoms with E-state index < -0.39 is 18.0 Å². The fourth-order valence-electron chi connectivity index (χ4n) is 7.75. The third-order valence-corrected chi connectivity index (χ3v) is 12.8. The van der Waals surface area contributed by atoms with Gasteiger partial charge in [0.2, 0.25) is 11.8 Å². The molecule has 13 heteroatoms. The van der Waals surface area contributed by atoms with Gasteiger partial charge in [-0.2, -0.15) is 0 Å². The number of aromatic amines is 1. The topological polar surface area (TPSA) is 168 Å². The number of aryl methyl sites for hydroxylation is 1. The number of hydrogen-bond acceptors (Lipinski definition) is 9. The number of amides is 2. The van der Waals surface area contributed by atoms with Crippen molar-refractivity contribution in [2.75, 3.05) is 26.7 Å². The van der Waals surface area contributed by atoms with Gasteiger partial charge in [0.15, 0.2) is 5.78 Å². The molecule has 1 aliphatic heterocycles. The normalized spacial score (nSPS) is 17.9. The highest BCUT2D eigenvalue weighted by atomic mass is 35.5. The number of benzene rings is 3. The van der Waals surface area contributed by atoms with Crippen molar-refractivity contribution in [3.8, 4) is 11.8 Å². The molecule has 0 saturated heterocycles. The SMILES string of the molecule is Cc1[nH]c2ccccc2c1C[C@H]1C(=O)NCc2cc(C#CCOCc3ccccc3)cc(Cl)c2Sc2ncccc2CN[C@@H](CCCN)C(=O)C[C@@H](CCCCN)C(=O)N1C. The number of ether oxygens (including phenoxy) is 1. The molecule has 5 aromatic rings. The minimum atomic E-state index is -0.905. The summed E-state index contributed by atoms with van der Waals surface area (Å²) in [6, 6.07) is 24.0. The minimum absolute atomic E-state index is 0.0211. The molecule has 3 heterocycles. The lowest BCUT2D eigenvalue weighted by Crippen LogP contribution is -2.51. The number of rotatable bonds is 12. The van der Waals surface area contributed by atoms with Gasteiger partial charge in [-0.15, -0.1) is 0 Å². The molecule has 0 bridgehead atoms. The summed E-state index contributed by atoms with van der Waals surface area (Å²) in [7, 11) is 1.67. The number of carbonyl (C=O) groups excluding carboxylic acids is 3. The zero-order valence-electron chi connectivity index (χ0n) is 35.0. The third kappa shape index (κ3) is 12.3. The number of halogens is 1. The predicted molar refractivity (Wildman–Crippen MR) is 243 cm³/mol. The highest BCUT2D eigenvalue weighted by Crippen LogP contribution is 2.38. The fourth-order valence-corrected chi connectivity index (χ4v) is 9.10. The summed E-state index contributed by atoms with van der Waals surface area (Å²) in [5.41, 5.74) is 18.0. The third-order valence-electron chi connectivity index (χ3n) is 11.1. The molecule has 2 aromatic heterocycles. The Labute approximate surface area is 368 Å². The lowest BCUT2D eigenvalue weighted by Gasteiger charge is -2.31. The van der Waals surface area contributed by atoms with Crippen LogP contribution in [0, 0.1) is 24.7 Å². The summed E-state index contributed by atoms with van der Waals surface area (Å²) in [4.78, 5) is 54.1. The Balaban J connectivity index is 1.39. The van der Waals surface area contributed by atoms with Crippen LogP contribution >= 0.6 is 23.4 Å². The highest BCUT2D eigenvalue weighted by Gasteiger charge is 2.35. The lowest BCUT2D eigenvalue weighted by atomic mass is 9.90. The molecule has 1 aliphatic rings. The molecule has 11 nitrogen and oxygen atoms in total. The number of nitrogens with one attached hydrogen (secondary N) is 3. The Bertz CT molecular complexity index is 2340. The summed E-state index contributed by atoms with van der Waals surface area (Å²) < 4.78 is 5.81. The van der Waals surface area contributed by atoms with Crippen molar-refractivity contribution in [1.29, 1.82) is 0 Å². The number of nitrogens with two attached hydrogens (primary N) is 2. The molecule has 7 N–H and O–H groups in total. The van der Waals surface area contributed by atoms with Crippen molar-refractivity contribution in [2.24, 2.45) is 17.4 Å². The summed E-state index contributed by atoms with van der Waals surface area (Å²) in [5, 5.41) is 8.80. The number of aromatic nitrogens is 2. The highest BCUT2D eigenvalue weighted by molar-refractivity contribution is 7.99. The largest absolute Gasteiger partial charge is 0.364 e. The lowest BCUT2D eigenvalue weighted by molar-refractivity contribution is -0.143. The van der Waals surface area contributed by atoms with E-state index in [1.807, 2.05) is 85.8 Å². The first-order valence-corrected chi connectivity index (χ1v) is 22.2. The maximum atomic E-state index is 14.7. The Hall–Kier alpha value is -5.00. The van der Waals surface area contributed by atoms with E-state index in [9.17, 15) is 14.4 Å². The average Bonchev–Trinajstić information content (AvgIpc) is 3.59. The molecule has 0 unspecified atom stereocenters. The van der Waals surface area contributed by atoms with Crippen LogP contribution in [-0.4, -0.2) is 71.3 Å². The van der Waals surface area contributed by atoms with Crippen LogP contribution in [0.4, 0.5) is 0 Å². The van der Waals surface area contributed by atoms with Crippen LogP contribution in [0.25, 0.3) is 10.9 Å². The summed E-state index contributed by atoms with van der Waals surface area (Å²) in [5.74, 6) is 4.98. The molecule has 3 aromatic carbocycles. The second-order valence-electron chi connectivity index (χ2n) is 15.5. The standard InChI is InChI=1S/C48H56ClN7O4S/c1-32-39(38-18-6-7-19-41(38)55-32)28-43-46(58)54-30-37-25-34(15-12-24-60-31-33-13-4-3-5-14-33)26-40(49)45(37)61-47-36(17-11-23-52-47)29-53-42(20-10-22-51)44(57)27-35(16-8-9-21-50)48(59)56(43)2/h3-7,11,13-14,17-19,23,25-26,35,42-43,53,55H,8-10,16,20-22,24,27-31,50-51H2,1-2H3,(H,54,58)/t35-,42+,43+/m1/s1. The minimum Gasteiger partial charge on any atom is -0.364 e. The smallest absolute Gasteiger partial charge is 0.243 e. The number of fused-ring (bicyclic) bond motifs is 3. The van der Waals surface area contributed by atoms with E-state index in [2.05, 4.69) is 27.5 Å². The molecule has 3 atom stereocenters. The quantitative estimate of drug-likeness (QED) is 0.0666. The van der Waals surface area contributed by atoms with Gasteiger partial charge >= 0.3 is 0 Å². The van der Waals surface area contributed by atoms with E-state index >= 15 is 0 Å². The number of nitrogens with zero attached hydrogens (tertiary/aromatic N) is 2. The molecule has 320 valence electrons. The van der Waals surface area contributed by atoms with Crippen molar-refractivity contribution in [1.82, 2.24) is 25.5 Å². The number of likely N-dealkylation sites (N-methyl/N-ethyl adjacent to an activating group) is 1. The van der Waals surface area contributed by atoms with Crippen LogP contribution < -0.4 is 22.1 Å². The second kappa shape index (κ2) is 22.7. The first-order valence-electron chi connectivity index (χ1n) is 21.0. The Morgan fingerprint density at radius 2 is 1.72 bits per heavy atom. The summed E-state index contributed by atoms with van der Waals surface area (Å²) in [6.07, 6.45) is 4.99. The fraction of sp³-hybridized carbons (Fsp3) is 0.375. The maximum Gasteiger partial charge on any atom is 0.243 e. The molecule has 0 radical (unpaired) electrons. The summed E-state index contributed by atoms with van der Waals surface area (Å²) >= 11 is 8.50.